The molecule has 3 aromatic rings. The molecule has 0 saturated heterocycles. The largest absolute Gasteiger partial charge is 0.483 e. The van der Waals surface area contributed by atoms with Gasteiger partial charge < -0.3 is 20.9 Å². The van der Waals surface area contributed by atoms with Gasteiger partial charge in [0.15, 0.2) is 5.76 Å². The van der Waals surface area contributed by atoms with Gasteiger partial charge in [0.2, 0.25) is 5.88 Å². The van der Waals surface area contributed by atoms with E-state index < -0.39 is 0 Å². The summed E-state index contributed by atoms with van der Waals surface area (Å²) in [5.74, 6) is 0.640. The molecule has 0 bridgehead atoms. The van der Waals surface area contributed by atoms with Crippen molar-refractivity contribution in [2.45, 2.75) is 26.6 Å². The van der Waals surface area contributed by atoms with Gasteiger partial charge in [-0.15, -0.1) is 0 Å². The van der Waals surface area contributed by atoms with Crippen LogP contribution < -0.4 is 11.5 Å². The van der Waals surface area contributed by atoms with E-state index in [4.69, 9.17) is 20.9 Å². The number of ether oxygens (including phenoxy) is 2. The number of hydrogen-bond donors (Lipinski definition) is 2. The van der Waals surface area contributed by atoms with Crippen molar-refractivity contribution in [3.8, 4) is 0 Å². The Bertz CT molecular complexity index is 979. The molecule has 4 N–H and O–H groups in total. The molecule has 0 amide bonds. The summed E-state index contributed by atoms with van der Waals surface area (Å²) in [6.07, 6.45) is 2.35. The van der Waals surface area contributed by atoms with Gasteiger partial charge in [0.25, 0.3) is 0 Å². The smallest absolute Gasteiger partial charge is 0.228 e. The van der Waals surface area contributed by atoms with Crippen molar-refractivity contribution >= 4 is 0 Å². The van der Waals surface area contributed by atoms with Crippen LogP contribution in [-0.4, -0.2) is 0 Å². The number of nitrogens with two attached hydrogens (primary N) is 2. The van der Waals surface area contributed by atoms with Crippen LogP contribution in [0.3, 0.4) is 0 Å². The average Bonchev–Trinajstić information content (AvgIpc) is 2.78. The zero-order valence-corrected chi connectivity index (χ0v) is 17.3. The Balaban J connectivity index is 1.75. The van der Waals surface area contributed by atoms with Gasteiger partial charge >= 0.3 is 0 Å². The lowest BCUT2D eigenvalue weighted by Gasteiger charge is -2.13. The molecule has 0 fully saturated rings. The van der Waals surface area contributed by atoms with Crippen molar-refractivity contribution in [2.24, 2.45) is 11.5 Å². The van der Waals surface area contributed by atoms with Gasteiger partial charge in [0.05, 0.1) is 0 Å². The Morgan fingerprint density at radius 3 is 1.80 bits per heavy atom. The Kier molecular flexibility index (Phi) is 7.56. The third kappa shape index (κ3) is 6.74. The Morgan fingerprint density at radius 1 is 0.700 bits per heavy atom. The third-order valence-corrected chi connectivity index (χ3v) is 4.56. The molecule has 0 aliphatic heterocycles. The van der Waals surface area contributed by atoms with E-state index in [2.05, 4.69) is 31.2 Å². The van der Waals surface area contributed by atoms with E-state index in [9.17, 15) is 0 Å². The summed E-state index contributed by atoms with van der Waals surface area (Å²) in [6, 6.07) is 28.1. The van der Waals surface area contributed by atoms with Crippen LogP contribution in [0.4, 0.5) is 0 Å². The Labute approximate surface area is 178 Å². The lowest BCUT2D eigenvalue weighted by atomic mass is 10.1. The first kappa shape index (κ1) is 21.1. The highest BCUT2D eigenvalue weighted by atomic mass is 16.5. The van der Waals surface area contributed by atoms with Crippen molar-refractivity contribution in [1.82, 2.24) is 0 Å². The fourth-order valence-electron chi connectivity index (χ4n) is 2.89. The fraction of sp³-hybridized carbons (Fsp3) is 0.154. The molecule has 4 nitrogen and oxygen atoms in total. The van der Waals surface area contributed by atoms with Crippen LogP contribution in [0.2, 0.25) is 0 Å². The first-order valence-electron chi connectivity index (χ1n) is 9.95. The minimum absolute atomic E-state index is 0.210. The maximum atomic E-state index is 6.29. The van der Waals surface area contributed by atoms with Crippen LogP contribution in [0.5, 0.6) is 0 Å². The predicted molar refractivity (Wildman–Crippen MR) is 121 cm³/mol. The van der Waals surface area contributed by atoms with Crippen molar-refractivity contribution in [1.29, 1.82) is 0 Å². The zero-order valence-electron chi connectivity index (χ0n) is 17.3. The summed E-state index contributed by atoms with van der Waals surface area (Å²) in [7, 11) is 0. The van der Waals surface area contributed by atoms with Crippen LogP contribution in [-0.2, 0) is 29.1 Å². The number of hydrogen-bond acceptors (Lipinski definition) is 4. The maximum absolute atomic E-state index is 6.29. The van der Waals surface area contributed by atoms with Gasteiger partial charge in [-0.25, -0.2) is 0 Å². The number of allylic oxidation sites excluding steroid dienone is 2. The molecule has 3 aromatic carbocycles. The summed E-state index contributed by atoms with van der Waals surface area (Å²) in [5, 5.41) is 0. The minimum Gasteiger partial charge on any atom is -0.483 e. The lowest BCUT2D eigenvalue weighted by molar-refractivity contribution is 0.144. The van der Waals surface area contributed by atoms with Gasteiger partial charge in [-0.05, 0) is 23.6 Å². The van der Waals surface area contributed by atoms with E-state index in [0.29, 0.717) is 31.1 Å². The summed E-state index contributed by atoms with van der Waals surface area (Å²) in [6.45, 7) is 2.79. The van der Waals surface area contributed by atoms with E-state index in [1.165, 1.54) is 5.56 Å². The van der Waals surface area contributed by atoms with Gasteiger partial charge in [-0.3, -0.25) is 0 Å². The summed E-state index contributed by atoms with van der Waals surface area (Å²) >= 11 is 0. The second-order valence-corrected chi connectivity index (χ2v) is 7.16. The minimum atomic E-state index is 0.210. The zero-order chi connectivity index (χ0) is 21.2. The van der Waals surface area contributed by atoms with Crippen molar-refractivity contribution in [3.05, 3.63) is 131 Å². The monoisotopic (exact) mass is 400 g/mol. The van der Waals surface area contributed by atoms with Gasteiger partial charge in [0, 0.05) is 18.2 Å². The SMILES string of the molecule is Cc1ccc(C/C(N)=C/C(OCc2ccccc2)=C(\N)OCc2ccccc2)cc1. The molecule has 3 rings (SSSR count). The van der Waals surface area contributed by atoms with Crippen LogP contribution >= 0.6 is 0 Å². The third-order valence-electron chi connectivity index (χ3n) is 4.56. The molecule has 4 heteroatoms. The first-order valence-corrected chi connectivity index (χ1v) is 9.95. The highest BCUT2D eigenvalue weighted by Gasteiger charge is 2.08. The highest BCUT2D eigenvalue weighted by Crippen LogP contribution is 2.15. The molecule has 0 aliphatic carbocycles. The van der Waals surface area contributed by atoms with Crippen LogP contribution in [0.15, 0.2) is 108 Å². The highest BCUT2D eigenvalue weighted by molar-refractivity contribution is 5.28. The first-order chi connectivity index (χ1) is 14.6. The number of benzene rings is 3. The van der Waals surface area contributed by atoms with E-state index in [-0.39, 0.29) is 5.88 Å². The van der Waals surface area contributed by atoms with Crippen molar-refractivity contribution in [3.63, 3.8) is 0 Å². The van der Waals surface area contributed by atoms with E-state index in [1.807, 2.05) is 60.7 Å². The van der Waals surface area contributed by atoms with Crippen LogP contribution in [0.1, 0.15) is 22.3 Å². The molecule has 0 spiro atoms. The Hall–Kier alpha value is -3.66. The molecular weight excluding hydrogens is 372 g/mol. The normalized spacial score (nSPS) is 12.2. The predicted octanol–water partition coefficient (Wildman–Crippen LogP) is 4.94. The number of aryl methyl sites for hydroxylation is 1. The topological polar surface area (TPSA) is 70.5 Å². The summed E-state index contributed by atoms with van der Waals surface area (Å²) < 4.78 is 11.8. The van der Waals surface area contributed by atoms with Gasteiger partial charge in [0.1, 0.15) is 13.2 Å². The van der Waals surface area contributed by atoms with E-state index in [0.717, 1.165) is 16.7 Å². The molecular formula is C26H28N2O2. The Morgan fingerprint density at radius 2 is 1.23 bits per heavy atom. The van der Waals surface area contributed by atoms with E-state index >= 15 is 0 Å². The van der Waals surface area contributed by atoms with Crippen molar-refractivity contribution < 1.29 is 9.47 Å². The molecule has 0 unspecified atom stereocenters. The fourth-order valence-corrected chi connectivity index (χ4v) is 2.89. The van der Waals surface area contributed by atoms with Crippen molar-refractivity contribution in [2.75, 3.05) is 0 Å². The quantitative estimate of drug-likeness (QED) is 0.394. The molecule has 0 saturated carbocycles. The molecule has 0 heterocycles. The molecule has 154 valence electrons. The molecule has 30 heavy (non-hydrogen) atoms. The summed E-state index contributed by atoms with van der Waals surface area (Å²) in [4.78, 5) is 0. The van der Waals surface area contributed by atoms with Crippen LogP contribution in [0, 0.1) is 6.92 Å². The lowest BCUT2D eigenvalue weighted by Crippen LogP contribution is -2.11. The molecule has 0 radical (unpaired) electrons. The van der Waals surface area contributed by atoms with Gasteiger partial charge in [-0.1, -0.05) is 90.5 Å². The number of rotatable bonds is 9. The average molecular weight is 401 g/mol. The maximum Gasteiger partial charge on any atom is 0.228 e. The van der Waals surface area contributed by atoms with Gasteiger partial charge in [-0.2, -0.15) is 0 Å². The standard InChI is InChI=1S/C26H28N2O2/c1-20-12-14-21(15-13-20)16-24(27)17-25(29-18-22-8-4-2-5-9-22)26(28)30-19-23-10-6-3-7-11-23/h2-15,17H,16,18-19,27-28H2,1H3/b24-17-,26-25-. The molecule has 0 aromatic heterocycles. The second kappa shape index (κ2) is 10.8. The second-order valence-electron chi connectivity index (χ2n) is 7.16. The molecule has 0 atom stereocenters. The summed E-state index contributed by atoms with van der Waals surface area (Å²) in [5.41, 5.74) is 17.6. The van der Waals surface area contributed by atoms with Crippen LogP contribution in [0.25, 0.3) is 0 Å². The van der Waals surface area contributed by atoms with E-state index in [1.54, 1.807) is 6.08 Å². The molecule has 0 aliphatic rings.